The van der Waals surface area contributed by atoms with Gasteiger partial charge in [0.05, 0.1) is 25.3 Å². The Morgan fingerprint density at radius 1 is 1.11 bits per heavy atom. The number of ether oxygens (including phenoxy) is 7. The summed E-state index contributed by atoms with van der Waals surface area (Å²) >= 11 is 0. The van der Waals surface area contributed by atoms with Gasteiger partial charge in [-0.1, -0.05) is 25.6 Å². The van der Waals surface area contributed by atoms with Crippen molar-refractivity contribution >= 4 is 5.97 Å². The van der Waals surface area contributed by atoms with Crippen molar-refractivity contribution in [3.05, 3.63) is 52.1 Å². The van der Waals surface area contributed by atoms with Crippen LogP contribution >= 0.6 is 0 Å². The molecular weight excluding hydrogens is 590 g/mol. The van der Waals surface area contributed by atoms with Crippen molar-refractivity contribution in [2.24, 2.45) is 0 Å². The van der Waals surface area contributed by atoms with Crippen molar-refractivity contribution in [1.82, 2.24) is 9.80 Å². The highest BCUT2D eigenvalue weighted by molar-refractivity contribution is 5.70. The van der Waals surface area contributed by atoms with E-state index in [0.29, 0.717) is 61.0 Å². The van der Waals surface area contributed by atoms with Crippen LogP contribution in [0.3, 0.4) is 0 Å². The molecule has 6 rings (SSSR count). The van der Waals surface area contributed by atoms with Gasteiger partial charge in [-0.05, 0) is 51.3 Å². The summed E-state index contributed by atoms with van der Waals surface area (Å²) in [5, 5.41) is 10.9. The maximum Gasteiger partial charge on any atom is 0.305 e. The van der Waals surface area contributed by atoms with E-state index < -0.39 is 12.1 Å². The molecule has 246 valence electrons. The lowest BCUT2D eigenvalue weighted by atomic mass is 9.71. The number of benzene rings is 2. The molecule has 0 saturated carbocycles. The number of nitrogens with zero attached hydrogens (tertiary/aromatic N) is 3. The standard InChI is InChI=1S/C35H43N3O8/c1-8-10-27(39)43-16-26-29-22(32(42-11-9-2)20(4)33-35(29)46-18-45-33)14-24-30-28-21(13-23(37(30)5)25(15-36)38(24)26)12-19(3)31(41-7)34(28)44-17-40-6/h9,12,23-26,30H,2,8,10-11,13-14,16-18H2,1,3-7H3/t23?,24?,25-,26-,30?/m0/s1. The van der Waals surface area contributed by atoms with Crippen molar-refractivity contribution in [2.75, 3.05) is 48.1 Å². The van der Waals surface area contributed by atoms with Gasteiger partial charge >= 0.3 is 5.97 Å². The van der Waals surface area contributed by atoms with Gasteiger partial charge < -0.3 is 33.2 Å². The fourth-order valence-corrected chi connectivity index (χ4v) is 8.01. The minimum absolute atomic E-state index is 0.0561. The third kappa shape index (κ3) is 5.03. The Kier molecular flexibility index (Phi) is 9.06. The molecule has 1 saturated heterocycles. The largest absolute Gasteiger partial charge is 0.493 e. The molecule has 2 bridgehead atoms. The average Bonchev–Trinajstić information content (AvgIpc) is 3.53. The maximum atomic E-state index is 12.8. The zero-order valence-corrected chi connectivity index (χ0v) is 27.5. The molecule has 5 atom stereocenters. The zero-order valence-electron chi connectivity index (χ0n) is 27.5. The fraction of sp³-hybridized carbons (Fsp3) is 0.543. The minimum Gasteiger partial charge on any atom is -0.493 e. The van der Waals surface area contributed by atoms with Crippen molar-refractivity contribution in [3.8, 4) is 34.8 Å². The highest BCUT2D eigenvalue weighted by Gasteiger charge is 2.57. The molecule has 4 aliphatic rings. The van der Waals surface area contributed by atoms with E-state index in [1.807, 2.05) is 20.8 Å². The molecule has 11 heteroatoms. The van der Waals surface area contributed by atoms with Crippen LogP contribution < -0.4 is 23.7 Å². The molecule has 0 radical (unpaired) electrons. The van der Waals surface area contributed by atoms with E-state index in [1.165, 1.54) is 0 Å². The molecule has 11 nitrogen and oxygen atoms in total. The second-order valence-electron chi connectivity index (χ2n) is 12.3. The molecule has 0 aromatic heterocycles. The Morgan fingerprint density at radius 3 is 2.59 bits per heavy atom. The first-order valence-electron chi connectivity index (χ1n) is 15.9. The number of carbonyl (C=O) groups is 1. The molecular formula is C35H43N3O8. The average molecular weight is 634 g/mol. The maximum absolute atomic E-state index is 12.8. The molecule has 2 aromatic carbocycles. The number of esters is 1. The van der Waals surface area contributed by atoms with Crippen LogP contribution in [0.2, 0.25) is 0 Å². The van der Waals surface area contributed by atoms with E-state index >= 15 is 0 Å². The number of hydrogen-bond donors (Lipinski definition) is 0. The van der Waals surface area contributed by atoms with Crippen LogP contribution in [0.5, 0.6) is 28.7 Å². The third-order valence-corrected chi connectivity index (χ3v) is 9.77. The summed E-state index contributed by atoms with van der Waals surface area (Å²) in [5.74, 6) is 2.97. The molecule has 0 spiro atoms. The van der Waals surface area contributed by atoms with Gasteiger partial charge in [0.15, 0.2) is 29.8 Å². The normalized spacial score (nSPS) is 24.2. The van der Waals surface area contributed by atoms with Crippen LogP contribution in [0.25, 0.3) is 0 Å². The molecule has 3 unspecified atom stereocenters. The minimum atomic E-state index is -0.509. The van der Waals surface area contributed by atoms with Crippen molar-refractivity contribution in [3.63, 3.8) is 0 Å². The summed E-state index contributed by atoms with van der Waals surface area (Å²) in [6.07, 6.45) is 3.87. The first kappa shape index (κ1) is 32.0. The molecule has 0 amide bonds. The van der Waals surface area contributed by atoms with Gasteiger partial charge in [0, 0.05) is 47.9 Å². The highest BCUT2D eigenvalue weighted by Crippen LogP contribution is 2.58. The van der Waals surface area contributed by atoms with E-state index in [1.54, 1.807) is 20.3 Å². The summed E-state index contributed by atoms with van der Waals surface area (Å²) in [4.78, 5) is 17.4. The Labute approximate surface area is 270 Å². The van der Waals surface area contributed by atoms with Gasteiger partial charge in [0.25, 0.3) is 0 Å². The number of likely N-dealkylation sites (N-methyl/N-ethyl adjacent to an activating group) is 1. The smallest absolute Gasteiger partial charge is 0.305 e. The number of nitriles is 1. The van der Waals surface area contributed by atoms with E-state index in [-0.39, 0.29) is 44.3 Å². The summed E-state index contributed by atoms with van der Waals surface area (Å²) < 4.78 is 42.0. The monoisotopic (exact) mass is 633 g/mol. The van der Waals surface area contributed by atoms with Crippen LogP contribution in [0.15, 0.2) is 18.7 Å². The first-order valence-corrected chi connectivity index (χ1v) is 15.9. The van der Waals surface area contributed by atoms with E-state index in [4.69, 9.17) is 33.2 Å². The van der Waals surface area contributed by atoms with Gasteiger partial charge in [-0.2, -0.15) is 5.26 Å². The fourth-order valence-electron chi connectivity index (χ4n) is 8.01. The lowest BCUT2D eigenvalue weighted by Gasteiger charge is -2.60. The van der Waals surface area contributed by atoms with E-state index in [9.17, 15) is 10.1 Å². The summed E-state index contributed by atoms with van der Waals surface area (Å²) in [6.45, 7) is 10.3. The van der Waals surface area contributed by atoms with Crippen LogP contribution in [0.1, 0.15) is 65.2 Å². The molecule has 4 heterocycles. The number of aryl methyl sites for hydroxylation is 1. The third-order valence-electron chi connectivity index (χ3n) is 9.77. The number of carbonyl (C=O) groups excluding carboxylic acids is 1. The number of rotatable bonds is 11. The Bertz CT molecular complexity index is 1570. The second-order valence-corrected chi connectivity index (χ2v) is 12.3. The molecule has 0 N–H and O–H groups in total. The predicted octanol–water partition coefficient (Wildman–Crippen LogP) is 4.70. The number of methoxy groups -OCH3 is 2. The van der Waals surface area contributed by atoms with Gasteiger partial charge in [-0.15, -0.1) is 0 Å². The van der Waals surface area contributed by atoms with Crippen LogP contribution in [-0.2, 0) is 27.1 Å². The number of piperazine rings is 1. The van der Waals surface area contributed by atoms with Crippen LogP contribution in [-0.4, -0.2) is 82.0 Å². The first-order chi connectivity index (χ1) is 22.3. The molecule has 1 fully saturated rings. The second kappa shape index (κ2) is 13.0. The Morgan fingerprint density at radius 2 is 1.89 bits per heavy atom. The Balaban J connectivity index is 1.59. The lowest BCUT2D eigenvalue weighted by molar-refractivity contribution is -0.149. The molecule has 2 aromatic rings. The number of hydrogen-bond acceptors (Lipinski definition) is 11. The van der Waals surface area contributed by atoms with Gasteiger partial charge in [-0.25, -0.2) is 0 Å². The summed E-state index contributed by atoms with van der Waals surface area (Å²) in [5.41, 5.74) is 5.74. The van der Waals surface area contributed by atoms with E-state index in [0.717, 1.165) is 33.4 Å². The lowest BCUT2D eigenvalue weighted by Crippen LogP contribution is -2.68. The number of fused-ring (bicyclic) bond motifs is 9. The van der Waals surface area contributed by atoms with Crippen LogP contribution in [0, 0.1) is 25.2 Å². The quantitative estimate of drug-likeness (QED) is 0.195. The van der Waals surface area contributed by atoms with Crippen molar-refractivity contribution < 1.29 is 38.0 Å². The van der Waals surface area contributed by atoms with Gasteiger partial charge in [0.1, 0.15) is 25.0 Å². The molecule has 4 aliphatic heterocycles. The van der Waals surface area contributed by atoms with Gasteiger partial charge in [-0.3, -0.25) is 14.6 Å². The van der Waals surface area contributed by atoms with E-state index in [2.05, 4.69) is 35.6 Å². The molecule has 0 aliphatic carbocycles. The summed E-state index contributed by atoms with van der Waals surface area (Å²) in [7, 11) is 5.32. The van der Waals surface area contributed by atoms with Crippen molar-refractivity contribution in [1.29, 1.82) is 5.26 Å². The molecule has 46 heavy (non-hydrogen) atoms. The Hall–Kier alpha value is -3.98. The summed E-state index contributed by atoms with van der Waals surface area (Å²) in [6, 6.07) is 3.26. The van der Waals surface area contributed by atoms with Crippen molar-refractivity contribution in [2.45, 2.75) is 76.7 Å². The topological polar surface area (TPSA) is 112 Å². The SMILES string of the molecule is C=CCOc1c(C)c2c(c3c1CC1C4c5c(cc(C)c(OC)c5OCOC)CC([C@H](C#N)N1[C@H]3COC(=O)CCC)N4C)OCO2. The van der Waals surface area contributed by atoms with Crippen LogP contribution in [0.4, 0.5) is 0 Å². The predicted molar refractivity (Wildman–Crippen MR) is 169 cm³/mol. The zero-order chi connectivity index (χ0) is 32.7. The highest BCUT2D eigenvalue weighted by atomic mass is 16.7. The van der Waals surface area contributed by atoms with Gasteiger partial charge in [0.2, 0.25) is 6.79 Å².